The molecule has 0 aromatic carbocycles. The van der Waals surface area contributed by atoms with E-state index in [0.717, 1.165) is 30.2 Å². The fourth-order valence-electron chi connectivity index (χ4n) is 2.25. The van der Waals surface area contributed by atoms with Crippen molar-refractivity contribution in [2.75, 3.05) is 31.1 Å². The van der Waals surface area contributed by atoms with Crippen LogP contribution in [0.15, 0.2) is 6.07 Å². The first-order valence-electron chi connectivity index (χ1n) is 6.41. The smallest absolute Gasteiger partial charge is 0.219 e. The average Bonchev–Trinajstić information content (AvgIpc) is 2.41. The van der Waals surface area contributed by atoms with Gasteiger partial charge in [0.1, 0.15) is 11.9 Å². The second-order valence-electron chi connectivity index (χ2n) is 4.87. The minimum absolute atomic E-state index is 0.105. The molecule has 0 unspecified atom stereocenters. The zero-order valence-corrected chi connectivity index (χ0v) is 11.6. The van der Waals surface area contributed by atoms with Gasteiger partial charge in [0.2, 0.25) is 5.91 Å². The van der Waals surface area contributed by atoms with Crippen LogP contribution in [0.3, 0.4) is 0 Å². The quantitative estimate of drug-likeness (QED) is 0.760. The molecule has 1 saturated heterocycles. The van der Waals surface area contributed by atoms with Crippen LogP contribution in [-0.2, 0) is 4.79 Å². The Morgan fingerprint density at radius 1 is 1.32 bits per heavy atom. The number of carbonyl (C=O) groups is 1. The Kier molecular flexibility index (Phi) is 3.70. The van der Waals surface area contributed by atoms with Crippen LogP contribution >= 0.6 is 0 Å². The number of carbonyl (C=O) groups excluding carboxylic acids is 1. The summed E-state index contributed by atoms with van der Waals surface area (Å²) in [5.41, 5.74) is 2.59. The third kappa shape index (κ3) is 2.68. The Morgan fingerprint density at radius 2 is 1.95 bits per heavy atom. The maximum absolute atomic E-state index is 11.3. The van der Waals surface area contributed by atoms with E-state index in [1.165, 1.54) is 0 Å². The maximum Gasteiger partial charge on any atom is 0.219 e. The summed E-state index contributed by atoms with van der Waals surface area (Å²) in [6.07, 6.45) is 0. The zero-order chi connectivity index (χ0) is 14.0. The molecule has 1 aliphatic heterocycles. The first-order chi connectivity index (χ1) is 9.02. The number of aryl methyl sites for hydroxylation is 2. The summed E-state index contributed by atoms with van der Waals surface area (Å²) in [6, 6.07) is 4.09. The van der Waals surface area contributed by atoms with Gasteiger partial charge in [-0.3, -0.25) is 4.79 Å². The number of piperazine rings is 1. The molecule has 1 aromatic rings. The van der Waals surface area contributed by atoms with Crippen molar-refractivity contribution in [3.8, 4) is 6.07 Å². The number of pyridine rings is 1. The molecule has 5 nitrogen and oxygen atoms in total. The predicted octanol–water partition coefficient (Wildman–Crippen LogP) is 1.24. The SMILES string of the molecule is CC(=O)N1CCN(c2nc(C)c(C)cc2C#N)CC1. The highest BCUT2D eigenvalue weighted by Gasteiger charge is 2.22. The van der Waals surface area contributed by atoms with Gasteiger partial charge in [0.25, 0.3) is 0 Å². The van der Waals surface area contributed by atoms with Crippen LogP contribution in [0.1, 0.15) is 23.7 Å². The zero-order valence-electron chi connectivity index (χ0n) is 11.6. The number of rotatable bonds is 1. The highest BCUT2D eigenvalue weighted by atomic mass is 16.2. The number of nitriles is 1. The third-order valence-electron chi connectivity index (χ3n) is 3.59. The molecule has 1 aliphatic rings. The Morgan fingerprint density at radius 3 is 2.47 bits per heavy atom. The first-order valence-corrected chi connectivity index (χ1v) is 6.41. The summed E-state index contributed by atoms with van der Waals surface area (Å²) in [4.78, 5) is 19.8. The van der Waals surface area contributed by atoms with Gasteiger partial charge >= 0.3 is 0 Å². The fraction of sp³-hybridized carbons (Fsp3) is 0.500. The lowest BCUT2D eigenvalue weighted by atomic mass is 10.1. The summed E-state index contributed by atoms with van der Waals surface area (Å²) in [5, 5.41) is 9.22. The van der Waals surface area contributed by atoms with Crippen LogP contribution in [-0.4, -0.2) is 42.0 Å². The Bertz CT molecular complexity index is 539. The largest absolute Gasteiger partial charge is 0.352 e. The lowest BCUT2D eigenvalue weighted by Gasteiger charge is -2.35. The van der Waals surface area contributed by atoms with E-state index in [1.807, 2.05) is 24.8 Å². The van der Waals surface area contributed by atoms with Gasteiger partial charge in [0, 0.05) is 38.8 Å². The Labute approximate surface area is 113 Å². The van der Waals surface area contributed by atoms with Gasteiger partial charge in [0.15, 0.2) is 0 Å². The predicted molar refractivity (Wildman–Crippen MR) is 72.9 cm³/mol. The van der Waals surface area contributed by atoms with Crippen molar-refractivity contribution < 1.29 is 4.79 Å². The number of hydrogen-bond acceptors (Lipinski definition) is 4. The van der Waals surface area contributed by atoms with Crippen molar-refractivity contribution in [3.63, 3.8) is 0 Å². The van der Waals surface area contributed by atoms with E-state index in [4.69, 9.17) is 0 Å². The van der Waals surface area contributed by atoms with Gasteiger partial charge in [-0.15, -0.1) is 0 Å². The van der Waals surface area contributed by atoms with Crippen molar-refractivity contribution in [3.05, 3.63) is 22.9 Å². The summed E-state index contributed by atoms with van der Waals surface area (Å²) in [5.74, 6) is 0.849. The topological polar surface area (TPSA) is 60.2 Å². The molecule has 2 heterocycles. The van der Waals surface area contributed by atoms with E-state index >= 15 is 0 Å². The maximum atomic E-state index is 11.3. The van der Waals surface area contributed by atoms with Crippen LogP contribution < -0.4 is 4.90 Å². The molecule has 0 spiro atoms. The molecule has 0 aliphatic carbocycles. The monoisotopic (exact) mass is 258 g/mol. The molecule has 1 amide bonds. The third-order valence-corrected chi connectivity index (χ3v) is 3.59. The number of amides is 1. The second-order valence-corrected chi connectivity index (χ2v) is 4.87. The molecule has 100 valence electrons. The Hall–Kier alpha value is -2.09. The van der Waals surface area contributed by atoms with E-state index in [9.17, 15) is 10.1 Å². The van der Waals surface area contributed by atoms with E-state index in [0.29, 0.717) is 18.7 Å². The molecule has 5 heteroatoms. The molecule has 0 saturated carbocycles. The fourth-order valence-corrected chi connectivity index (χ4v) is 2.25. The molecule has 1 aromatic heterocycles. The van der Waals surface area contributed by atoms with Gasteiger partial charge < -0.3 is 9.80 Å². The van der Waals surface area contributed by atoms with Crippen molar-refractivity contribution in [1.29, 1.82) is 5.26 Å². The van der Waals surface area contributed by atoms with Crippen LogP contribution in [0, 0.1) is 25.2 Å². The number of anilines is 1. The normalized spacial score (nSPS) is 15.3. The molecule has 0 atom stereocenters. The average molecular weight is 258 g/mol. The standard InChI is InChI=1S/C14H18N4O/c1-10-8-13(9-15)14(16-11(10)2)18-6-4-17(5-7-18)12(3)19/h8H,4-7H2,1-3H3. The van der Waals surface area contributed by atoms with Gasteiger partial charge in [-0.2, -0.15) is 5.26 Å². The van der Waals surface area contributed by atoms with Crippen LogP contribution in [0.2, 0.25) is 0 Å². The second kappa shape index (κ2) is 5.27. The van der Waals surface area contributed by atoms with Gasteiger partial charge in [-0.25, -0.2) is 4.98 Å². The summed E-state index contributed by atoms with van der Waals surface area (Å²) >= 11 is 0. The van der Waals surface area contributed by atoms with Gasteiger partial charge in [0.05, 0.1) is 5.56 Å². The van der Waals surface area contributed by atoms with E-state index < -0.39 is 0 Å². The molecular weight excluding hydrogens is 240 g/mol. The highest BCUT2D eigenvalue weighted by molar-refractivity contribution is 5.73. The van der Waals surface area contributed by atoms with Crippen LogP contribution in [0.5, 0.6) is 0 Å². The molecule has 1 fully saturated rings. The van der Waals surface area contributed by atoms with Crippen molar-refractivity contribution >= 4 is 11.7 Å². The molecule has 19 heavy (non-hydrogen) atoms. The summed E-state index contributed by atoms with van der Waals surface area (Å²) in [7, 11) is 0. The molecule has 0 radical (unpaired) electrons. The summed E-state index contributed by atoms with van der Waals surface area (Å²) < 4.78 is 0. The molecule has 0 bridgehead atoms. The Balaban J connectivity index is 2.22. The van der Waals surface area contributed by atoms with Crippen LogP contribution in [0.25, 0.3) is 0 Å². The van der Waals surface area contributed by atoms with E-state index in [-0.39, 0.29) is 5.91 Å². The number of hydrogen-bond donors (Lipinski definition) is 0. The van der Waals surface area contributed by atoms with Crippen molar-refractivity contribution in [2.45, 2.75) is 20.8 Å². The van der Waals surface area contributed by atoms with E-state index in [1.54, 1.807) is 6.92 Å². The van der Waals surface area contributed by atoms with Crippen molar-refractivity contribution in [1.82, 2.24) is 9.88 Å². The molecule has 0 N–H and O–H groups in total. The van der Waals surface area contributed by atoms with Crippen LogP contribution in [0.4, 0.5) is 5.82 Å². The van der Waals surface area contributed by atoms with E-state index in [2.05, 4.69) is 16.0 Å². The summed E-state index contributed by atoms with van der Waals surface area (Å²) in [6.45, 7) is 8.33. The first kappa shape index (κ1) is 13.3. The highest BCUT2D eigenvalue weighted by Crippen LogP contribution is 2.21. The minimum atomic E-state index is 0.105. The van der Waals surface area contributed by atoms with Gasteiger partial charge in [-0.1, -0.05) is 0 Å². The molecule has 2 rings (SSSR count). The lowest BCUT2D eigenvalue weighted by Crippen LogP contribution is -2.48. The molecular formula is C14H18N4O. The number of aromatic nitrogens is 1. The minimum Gasteiger partial charge on any atom is -0.352 e. The van der Waals surface area contributed by atoms with Crippen molar-refractivity contribution in [2.24, 2.45) is 0 Å². The lowest BCUT2D eigenvalue weighted by molar-refractivity contribution is -0.129. The van der Waals surface area contributed by atoms with Gasteiger partial charge in [-0.05, 0) is 25.5 Å². The number of nitrogens with zero attached hydrogens (tertiary/aromatic N) is 4.